The SMILES string of the molecule is CC(C)NS(=O)(=O)c1cccc(CNC(=O)[C@@H]2Cc3ccccc3O2)c1. The van der Waals surface area contributed by atoms with Gasteiger partial charge in [0.1, 0.15) is 5.75 Å². The summed E-state index contributed by atoms with van der Waals surface area (Å²) in [6.07, 6.45) is -0.0173. The van der Waals surface area contributed by atoms with Crippen molar-refractivity contribution in [3.05, 3.63) is 59.7 Å². The summed E-state index contributed by atoms with van der Waals surface area (Å²) in [7, 11) is -3.56. The Morgan fingerprint density at radius 3 is 2.69 bits per heavy atom. The van der Waals surface area contributed by atoms with E-state index in [1.165, 1.54) is 6.07 Å². The minimum atomic E-state index is -3.56. The number of carbonyl (C=O) groups excluding carboxylic acids is 1. The van der Waals surface area contributed by atoms with Gasteiger partial charge in [0.15, 0.2) is 6.10 Å². The van der Waals surface area contributed by atoms with E-state index in [1.54, 1.807) is 32.0 Å². The van der Waals surface area contributed by atoms with Gasteiger partial charge in [0.05, 0.1) is 4.90 Å². The first-order chi connectivity index (χ1) is 12.3. The van der Waals surface area contributed by atoms with Crippen molar-refractivity contribution in [1.82, 2.24) is 10.0 Å². The summed E-state index contributed by atoms with van der Waals surface area (Å²) in [4.78, 5) is 12.5. The highest BCUT2D eigenvalue weighted by Gasteiger charge is 2.28. The fourth-order valence-electron chi connectivity index (χ4n) is 2.83. The Labute approximate surface area is 153 Å². The van der Waals surface area contributed by atoms with Gasteiger partial charge < -0.3 is 10.1 Å². The molecule has 2 aromatic rings. The quantitative estimate of drug-likeness (QED) is 0.810. The van der Waals surface area contributed by atoms with Gasteiger partial charge in [0.2, 0.25) is 10.0 Å². The van der Waals surface area contributed by atoms with Gasteiger partial charge in [-0.2, -0.15) is 0 Å². The largest absolute Gasteiger partial charge is 0.480 e. The van der Waals surface area contributed by atoms with Crippen LogP contribution in [-0.2, 0) is 27.8 Å². The van der Waals surface area contributed by atoms with Crippen LogP contribution in [0.2, 0.25) is 0 Å². The van der Waals surface area contributed by atoms with Crippen molar-refractivity contribution in [2.45, 2.75) is 43.9 Å². The highest BCUT2D eigenvalue weighted by Crippen LogP contribution is 2.28. The molecule has 0 aromatic heterocycles. The first-order valence-electron chi connectivity index (χ1n) is 8.49. The molecule has 2 aromatic carbocycles. The zero-order valence-electron chi connectivity index (χ0n) is 14.7. The van der Waals surface area contributed by atoms with E-state index < -0.39 is 16.1 Å². The molecule has 0 saturated carbocycles. The van der Waals surface area contributed by atoms with Gasteiger partial charge in [-0.25, -0.2) is 13.1 Å². The van der Waals surface area contributed by atoms with Crippen LogP contribution < -0.4 is 14.8 Å². The van der Waals surface area contributed by atoms with Crippen molar-refractivity contribution in [2.75, 3.05) is 0 Å². The summed E-state index contributed by atoms with van der Waals surface area (Å²) in [6.45, 7) is 3.77. The summed E-state index contributed by atoms with van der Waals surface area (Å²) in [5.74, 6) is 0.523. The number of hydrogen-bond donors (Lipinski definition) is 2. The van der Waals surface area contributed by atoms with E-state index >= 15 is 0 Å². The van der Waals surface area contributed by atoms with Gasteiger partial charge in [-0.15, -0.1) is 0 Å². The van der Waals surface area contributed by atoms with E-state index in [0.717, 1.165) is 11.3 Å². The summed E-state index contributed by atoms with van der Waals surface area (Å²) in [5.41, 5.74) is 1.72. The van der Waals surface area contributed by atoms with Crippen LogP contribution in [0.25, 0.3) is 0 Å². The van der Waals surface area contributed by atoms with Crippen molar-refractivity contribution in [1.29, 1.82) is 0 Å². The number of rotatable bonds is 6. The molecule has 0 radical (unpaired) electrons. The number of ether oxygens (including phenoxy) is 1. The molecule has 0 aliphatic carbocycles. The molecule has 0 bridgehead atoms. The number of carbonyl (C=O) groups is 1. The molecule has 0 fully saturated rings. The van der Waals surface area contributed by atoms with Gasteiger partial charge in [-0.05, 0) is 43.2 Å². The normalized spacial score (nSPS) is 16.2. The molecule has 6 nitrogen and oxygen atoms in total. The highest BCUT2D eigenvalue weighted by atomic mass is 32.2. The zero-order chi connectivity index (χ0) is 18.7. The number of para-hydroxylation sites is 1. The molecule has 1 amide bonds. The lowest BCUT2D eigenvalue weighted by Gasteiger charge is -2.13. The van der Waals surface area contributed by atoms with E-state index in [1.807, 2.05) is 24.3 Å². The van der Waals surface area contributed by atoms with Crippen LogP contribution in [0.15, 0.2) is 53.4 Å². The van der Waals surface area contributed by atoms with Gasteiger partial charge in [-0.3, -0.25) is 4.79 Å². The third kappa shape index (κ3) is 4.23. The topological polar surface area (TPSA) is 84.5 Å². The van der Waals surface area contributed by atoms with E-state index in [0.29, 0.717) is 12.0 Å². The summed E-state index contributed by atoms with van der Waals surface area (Å²) in [6, 6.07) is 13.9. The molecule has 1 atom stereocenters. The molecule has 3 rings (SSSR count). The molecule has 138 valence electrons. The fraction of sp³-hybridized carbons (Fsp3) is 0.316. The summed E-state index contributed by atoms with van der Waals surface area (Å²) in [5, 5.41) is 2.82. The molecule has 7 heteroatoms. The molecule has 1 aliphatic heterocycles. The van der Waals surface area contributed by atoms with E-state index in [4.69, 9.17) is 4.74 Å². The second-order valence-electron chi connectivity index (χ2n) is 6.56. The van der Waals surface area contributed by atoms with Crippen LogP contribution >= 0.6 is 0 Å². The van der Waals surface area contributed by atoms with Crippen molar-refractivity contribution in [3.63, 3.8) is 0 Å². The van der Waals surface area contributed by atoms with E-state index in [9.17, 15) is 13.2 Å². The minimum absolute atomic E-state index is 0.183. The highest BCUT2D eigenvalue weighted by molar-refractivity contribution is 7.89. The number of fused-ring (bicyclic) bond motifs is 1. The van der Waals surface area contributed by atoms with E-state index in [2.05, 4.69) is 10.0 Å². The Kier molecular flexibility index (Phi) is 5.29. The molecule has 0 unspecified atom stereocenters. The molecule has 0 spiro atoms. The van der Waals surface area contributed by atoms with Crippen LogP contribution in [0.1, 0.15) is 25.0 Å². The number of amides is 1. The number of sulfonamides is 1. The fourth-order valence-corrected chi connectivity index (χ4v) is 4.15. The van der Waals surface area contributed by atoms with Crippen LogP contribution in [0.4, 0.5) is 0 Å². The third-order valence-corrected chi connectivity index (χ3v) is 5.66. The average molecular weight is 374 g/mol. The Morgan fingerprint density at radius 2 is 1.96 bits per heavy atom. The van der Waals surface area contributed by atoms with Crippen LogP contribution in [0, 0.1) is 0 Å². The maximum Gasteiger partial charge on any atom is 0.261 e. The van der Waals surface area contributed by atoms with Crippen molar-refractivity contribution >= 4 is 15.9 Å². The van der Waals surface area contributed by atoms with Gasteiger partial charge in [0.25, 0.3) is 5.91 Å². The molecular formula is C19H22N2O4S. The first kappa shape index (κ1) is 18.4. The number of benzene rings is 2. The number of hydrogen-bond acceptors (Lipinski definition) is 4. The smallest absolute Gasteiger partial charge is 0.261 e. The molecule has 1 aliphatic rings. The predicted octanol–water partition coefficient (Wildman–Crippen LogP) is 1.99. The predicted molar refractivity (Wildman–Crippen MR) is 98.3 cm³/mol. The Hall–Kier alpha value is -2.38. The standard InChI is InChI=1S/C19H22N2O4S/c1-13(2)21-26(23,24)16-8-5-6-14(10-16)12-20-19(22)18-11-15-7-3-4-9-17(15)25-18/h3-10,13,18,21H,11-12H2,1-2H3,(H,20,22)/t18-/m0/s1. The maximum atomic E-state index is 12.3. The first-order valence-corrected chi connectivity index (χ1v) is 9.97. The van der Waals surface area contributed by atoms with Crippen molar-refractivity contribution in [2.24, 2.45) is 0 Å². The Bertz CT molecular complexity index is 884. The lowest BCUT2D eigenvalue weighted by Crippen LogP contribution is -2.37. The molecular weight excluding hydrogens is 352 g/mol. The van der Waals surface area contributed by atoms with Crippen LogP contribution in [-0.4, -0.2) is 26.5 Å². The lowest BCUT2D eigenvalue weighted by molar-refractivity contribution is -0.127. The minimum Gasteiger partial charge on any atom is -0.480 e. The molecule has 1 heterocycles. The van der Waals surface area contributed by atoms with Gasteiger partial charge in [0, 0.05) is 19.0 Å². The Balaban J connectivity index is 1.62. The van der Waals surface area contributed by atoms with Gasteiger partial charge >= 0.3 is 0 Å². The monoisotopic (exact) mass is 374 g/mol. The second kappa shape index (κ2) is 7.47. The van der Waals surface area contributed by atoms with Crippen molar-refractivity contribution in [3.8, 4) is 5.75 Å². The van der Waals surface area contributed by atoms with Crippen LogP contribution in [0.5, 0.6) is 5.75 Å². The van der Waals surface area contributed by atoms with Gasteiger partial charge in [-0.1, -0.05) is 30.3 Å². The average Bonchev–Trinajstić information content (AvgIpc) is 3.03. The van der Waals surface area contributed by atoms with E-state index in [-0.39, 0.29) is 23.4 Å². The second-order valence-corrected chi connectivity index (χ2v) is 8.27. The third-order valence-electron chi connectivity index (χ3n) is 4.01. The summed E-state index contributed by atoms with van der Waals surface area (Å²) < 4.78 is 32.7. The van der Waals surface area contributed by atoms with Crippen molar-refractivity contribution < 1.29 is 17.9 Å². The maximum absolute atomic E-state index is 12.3. The Morgan fingerprint density at radius 1 is 1.19 bits per heavy atom. The lowest BCUT2D eigenvalue weighted by atomic mass is 10.1. The summed E-state index contributed by atoms with van der Waals surface area (Å²) >= 11 is 0. The molecule has 0 saturated heterocycles. The zero-order valence-corrected chi connectivity index (χ0v) is 15.5. The van der Waals surface area contributed by atoms with Crippen LogP contribution in [0.3, 0.4) is 0 Å². The molecule has 26 heavy (non-hydrogen) atoms. The number of nitrogens with one attached hydrogen (secondary N) is 2. The molecule has 2 N–H and O–H groups in total.